The summed E-state index contributed by atoms with van der Waals surface area (Å²) < 4.78 is 22.4. The van der Waals surface area contributed by atoms with Crippen molar-refractivity contribution in [2.24, 2.45) is 5.14 Å². The van der Waals surface area contributed by atoms with E-state index in [0.29, 0.717) is 11.3 Å². The molecular weight excluding hydrogens is 378 g/mol. The number of aliphatic carboxylic acids is 1. The number of nitrogens with two attached hydrogens (primary N) is 1. The predicted octanol–water partition coefficient (Wildman–Crippen LogP) is 0.807. The zero-order valence-corrected chi connectivity index (χ0v) is 15.0. The molecule has 2 atom stereocenters. The van der Waals surface area contributed by atoms with Crippen molar-refractivity contribution in [3.8, 4) is 0 Å². The van der Waals surface area contributed by atoms with Crippen molar-refractivity contribution in [1.82, 2.24) is 5.32 Å². The van der Waals surface area contributed by atoms with Crippen LogP contribution >= 0.6 is 12.2 Å². The van der Waals surface area contributed by atoms with Crippen LogP contribution in [0.4, 0.5) is 5.69 Å². The monoisotopic (exact) mass is 395 g/mol. The molecule has 0 amide bonds. The molecule has 10 heteroatoms. The molecule has 8 nitrogen and oxygen atoms in total. The molecule has 0 saturated carbocycles. The minimum atomic E-state index is -3.81. The Morgan fingerprint density at radius 3 is 2.15 bits per heavy atom. The number of benzene rings is 2. The van der Waals surface area contributed by atoms with Gasteiger partial charge in [0.25, 0.3) is 0 Å². The fourth-order valence-electron chi connectivity index (χ4n) is 2.15. The lowest BCUT2D eigenvalue weighted by Gasteiger charge is -2.22. The second-order valence-electron chi connectivity index (χ2n) is 5.34. The summed E-state index contributed by atoms with van der Waals surface area (Å²) in [5, 5.41) is 29.9. The van der Waals surface area contributed by atoms with Crippen LogP contribution in [0.3, 0.4) is 0 Å². The maximum absolute atomic E-state index is 11.5. The summed E-state index contributed by atoms with van der Waals surface area (Å²) in [5.74, 6) is -1.28. The van der Waals surface area contributed by atoms with Gasteiger partial charge in [0, 0.05) is 5.69 Å². The van der Waals surface area contributed by atoms with Gasteiger partial charge in [-0.05, 0) is 42.0 Å². The summed E-state index contributed by atoms with van der Waals surface area (Å²) in [6, 6.07) is 12.4. The van der Waals surface area contributed by atoms with E-state index in [0.717, 1.165) is 0 Å². The fourth-order valence-corrected chi connectivity index (χ4v) is 2.92. The number of carboxylic acid groups (broad SMARTS) is 1. The van der Waals surface area contributed by atoms with Crippen molar-refractivity contribution in [3.63, 3.8) is 0 Å². The highest BCUT2D eigenvalue weighted by Crippen LogP contribution is 2.17. The molecule has 6 N–H and O–H groups in total. The van der Waals surface area contributed by atoms with Crippen molar-refractivity contribution in [2.45, 2.75) is 17.0 Å². The van der Waals surface area contributed by atoms with Crippen LogP contribution in [0.5, 0.6) is 0 Å². The van der Waals surface area contributed by atoms with E-state index in [-0.39, 0.29) is 10.0 Å². The van der Waals surface area contributed by atoms with E-state index in [2.05, 4.69) is 10.6 Å². The topological polar surface area (TPSA) is 142 Å². The summed E-state index contributed by atoms with van der Waals surface area (Å²) in [6.45, 7) is 0. The fraction of sp³-hybridized carbons (Fsp3) is 0.125. The second-order valence-corrected chi connectivity index (χ2v) is 7.31. The molecule has 0 aromatic heterocycles. The Kier molecular flexibility index (Phi) is 6.27. The van der Waals surface area contributed by atoms with Gasteiger partial charge in [0.05, 0.1) is 4.90 Å². The molecule has 2 aromatic rings. The molecule has 0 fully saturated rings. The lowest BCUT2D eigenvalue weighted by Crippen LogP contribution is -2.46. The number of hydrogen-bond acceptors (Lipinski definition) is 5. The third kappa shape index (κ3) is 5.23. The van der Waals surface area contributed by atoms with Gasteiger partial charge in [-0.1, -0.05) is 30.3 Å². The normalized spacial score (nSPS) is 13.5. The van der Waals surface area contributed by atoms with E-state index in [1.165, 1.54) is 24.3 Å². The van der Waals surface area contributed by atoms with Gasteiger partial charge in [-0.15, -0.1) is 0 Å². The van der Waals surface area contributed by atoms with Gasteiger partial charge in [0.15, 0.2) is 11.2 Å². The molecule has 0 bridgehead atoms. The van der Waals surface area contributed by atoms with Gasteiger partial charge in [0.2, 0.25) is 10.0 Å². The van der Waals surface area contributed by atoms with Gasteiger partial charge >= 0.3 is 5.97 Å². The Balaban J connectivity index is 2.07. The van der Waals surface area contributed by atoms with E-state index >= 15 is 0 Å². The predicted molar refractivity (Wildman–Crippen MR) is 100.0 cm³/mol. The van der Waals surface area contributed by atoms with Gasteiger partial charge in [-0.2, -0.15) is 0 Å². The molecule has 0 unspecified atom stereocenters. The number of carboxylic acids is 1. The maximum Gasteiger partial charge on any atom is 0.329 e. The van der Waals surface area contributed by atoms with Crippen LogP contribution in [-0.2, 0) is 14.8 Å². The summed E-state index contributed by atoms with van der Waals surface area (Å²) in [6.07, 6.45) is -1.32. The van der Waals surface area contributed by atoms with Gasteiger partial charge in [-0.3, -0.25) is 0 Å². The number of aliphatic hydroxyl groups is 1. The molecule has 2 aromatic carbocycles. The van der Waals surface area contributed by atoms with Gasteiger partial charge < -0.3 is 20.8 Å². The summed E-state index contributed by atoms with van der Waals surface area (Å²) in [4.78, 5) is 11.4. The minimum absolute atomic E-state index is 0.0456. The number of anilines is 1. The van der Waals surface area contributed by atoms with Crippen molar-refractivity contribution < 1.29 is 23.4 Å². The lowest BCUT2D eigenvalue weighted by molar-refractivity contribution is -0.142. The third-order valence-corrected chi connectivity index (χ3v) is 4.60. The summed E-state index contributed by atoms with van der Waals surface area (Å²) >= 11 is 5.07. The summed E-state index contributed by atoms with van der Waals surface area (Å²) in [7, 11) is -3.81. The molecule has 0 radical (unpaired) electrons. The molecule has 2 rings (SSSR count). The Hall–Kier alpha value is -2.53. The van der Waals surface area contributed by atoms with Gasteiger partial charge in [0.1, 0.15) is 6.10 Å². The number of carbonyl (C=O) groups is 1. The highest BCUT2D eigenvalue weighted by atomic mass is 32.2. The van der Waals surface area contributed by atoms with Crippen molar-refractivity contribution >= 4 is 39.0 Å². The molecule has 0 saturated heterocycles. The maximum atomic E-state index is 11.5. The first-order chi connectivity index (χ1) is 12.2. The van der Waals surface area contributed by atoms with Crippen molar-refractivity contribution in [2.75, 3.05) is 5.32 Å². The molecule has 0 aliphatic carbocycles. The van der Waals surface area contributed by atoms with Crippen LogP contribution in [0.15, 0.2) is 59.5 Å². The Morgan fingerprint density at radius 2 is 1.65 bits per heavy atom. The average molecular weight is 395 g/mol. The van der Waals surface area contributed by atoms with E-state index < -0.39 is 28.1 Å². The number of nitrogens with one attached hydrogen (secondary N) is 2. The minimum Gasteiger partial charge on any atom is -0.480 e. The largest absolute Gasteiger partial charge is 0.480 e. The standard InChI is InChI=1S/C16H17N3O5S2/c17-26(23,24)12-8-6-11(7-9-12)18-16(25)19-13(15(21)22)14(20)10-4-2-1-3-5-10/h1-9,13-14,20H,(H,21,22)(H2,17,23,24)(H2,18,19,25)/t13-,14-/m1/s1. The zero-order valence-electron chi connectivity index (χ0n) is 13.4. The first-order valence-electron chi connectivity index (χ1n) is 7.34. The molecule has 0 aliphatic rings. The molecule has 0 spiro atoms. The van der Waals surface area contributed by atoms with E-state index in [4.69, 9.17) is 17.4 Å². The first kappa shape index (κ1) is 19.8. The highest BCUT2D eigenvalue weighted by Gasteiger charge is 2.28. The number of aliphatic hydroxyl groups excluding tert-OH is 1. The van der Waals surface area contributed by atoms with Crippen LogP contribution in [0.2, 0.25) is 0 Å². The smallest absolute Gasteiger partial charge is 0.329 e. The van der Waals surface area contributed by atoms with Crippen LogP contribution in [-0.4, -0.2) is 35.8 Å². The zero-order chi connectivity index (χ0) is 19.3. The molecular formula is C16H17N3O5S2. The number of sulfonamides is 1. The number of rotatable bonds is 6. The Labute approximate surface area is 155 Å². The van der Waals surface area contributed by atoms with Crippen LogP contribution in [0.25, 0.3) is 0 Å². The van der Waals surface area contributed by atoms with E-state index in [9.17, 15) is 23.4 Å². The average Bonchev–Trinajstić information content (AvgIpc) is 2.59. The molecule has 0 aliphatic heterocycles. The van der Waals surface area contributed by atoms with Crippen LogP contribution in [0, 0.1) is 0 Å². The first-order valence-corrected chi connectivity index (χ1v) is 9.30. The number of hydrogen-bond donors (Lipinski definition) is 5. The van der Waals surface area contributed by atoms with E-state index in [1.807, 2.05) is 0 Å². The van der Waals surface area contributed by atoms with Crippen LogP contribution in [0.1, 0.15) is 11.7 Å². The molecule has 0 heterocycles. The quantitative estimate of drug-likeness (QED) is 0.452. The van der Waals surface area contributed by atoms with Crippen molar-refractivity contribution in [3.05, 3.63) is 60.2 Å². The molecule has 26 heavy (non-hydrogen) atoms. The number of primary sulfonamides is 1. The molecule has 138 valence electrons. The summed E-state index contributed by atoms with van der Waals surface area (Å²) in [5.41, 5.74) is 0.848. The van der Waals surface area contributed by atoms with Crippen molar-refractivity contribution in [1.29, 1.82) is 0 Å². The Morgan fingerprint density at radius 1 is 1.08 bits per heavy atom. The lowest BCUT2D eigenvalue weighted by atomic mass is 10.0. The highest BCUT2D eigenvalue weighted by molar-refractivity contribution is 7.89. The van der Waals surface area contributed by atoms with Crippen LogP contribution < -0.4 is 15.8 Å². The number of thiocarbonyl (C=S) groups is 1. The Bertz CT molecular complexity index is 886. The second kappa shape index (κ2) is 8.23. The SMILES string of the molecule is NS(=O)(=O)c1ccc(NC(=S)N[C@@H](C(=O)O)[C@H](O)c2ccccc2)cc1. The van der Waals surface area contributed by atoms with Gasteiger partial charge in [-0.25, -0.2) is 18.4 Å². The van der Waals surface area contributed by atoms with E-state index in [1.54, 1.807) is 30.3 Å². The third-order valence-electron chi connectivity index (χ3n) is 3.45.